The summed E-state index contributed by atoms with van der Waals surface area (Å²) in [6.07, 6.45) is 1.49. The average Bonchev–Trinajstić information content (AvgIpc) is 3.06. The normalized spacial score (nSPS) is 11.5. The standard InChI is InChI=1S/C17H13ClFN5O/c1-6-7(2)22-16(18)12-11(13(20)17(25)23-14(6)12)8-3-4-10(19)15-9(8)5-21-24-15/h3-5H,20H2,1-2H3,(H,21,24)(H,23,25). The summed E-state index contributed by atoms with van der Waals surface area (Å²) in [7, 11) is 0. The van der Waals surface area contributed by atoms with Crippen LogP contribution in [0.15, 0.2) is 23.1 Å². The van der Waals surface area contributed by atoms with E-state index >= 15 is 0 Å². The molecule has 0 aliphatic rings. The Kier molecular flexibility index (Phi) is 3.30. The number of hydrogen-bond acceptors (Lipinski definition) is 4. The van der Waals surface area contributed by atoms with Gasteiger partial charge in [-0.05, 0) is 31.0 Å². The van der Waals surface area contributed by atoms with Crippen molar-refractivity contribution in [2.24, 2.45) is 0 Å². The van der Waals surface area contributed by atoms with Crippen LogP contribution in [0.2, 0.25) is 5.15 Å². The minimum atomic E-state index is -0.444. The number of aryl methyl sites for hydroxylation is 2. The van der Waals surface area contributed by atoms with Crippen LogP contribution in [0.1, 0.15) is 11.3 Å². The zero-order chi connectivity index (χ0) is 17.9. The molecule has 3 heterocycles. The van der Waals surface area contributed by atoms with Gasteiger partial charge in [0.15, 0.2) is 0 Å². The van der Waals surface area contributed by atoms with E-state index in [1.165, 1.54) is 12.3 Å². The molecule has 4 rings (SSSR count). The Morgan fingerprint density at radius 2 is 2.00 bits per heavy atom. The minimum Gasteiger partial charge on any atom is -0.394 e. The number of nitrogens with zero attached hydrogens (tertiary/aromatic N) is 2. The highest BCUT2D eigenvalue weighted by molar-refractivity contribution is 6.36. The molecule has 0 bridgehead atoms. The molecule has 6 nitrogen and oxygen atoms in total. The zero-order valence-corrected chi connectivity index (χ0v) is 14.1. The van der Waals surface area contributed by atoms with Crippen LogP contribution in [0, 0.1) is 19.7 Å². The summed E-state index contributed by atoms with van der Waals surface area (Å²) in [6.45, 7) is 3.65. The summed E-state index contributed by atoms with van der Waals surface area (Å²) in [5.41, 5.74) is 8.92. The lowest BCUT2D eigenvalue weighted by Crippen LogP contribution is -2.15. The fraction of sp³-hybridized carbons (Fsp3) is 0.118. The second-order valence-electron chi connectivity index (χ2n) is 5.86. The highest BCUT2D eigenvalue weighted by Crippen LogP contribution is 2.39. The summed E-state index contributed by atoms with van der Waals surface area (Å²) in [5, 5.41) is 7.76. The number of halogens is 2. The van der Waals surface area contributed by atoms with Gasteiger partial charge in [-0.2, -0.15) is 5.10 Å². The highest BCUT2D eigenvalue weighted by atomic mass is 35.5. The molecule has 4 N–H and O–H groups in total. The molecule has 0 aliphatic carbocycles. The molecular formula is C17H13ClFN5O. The zero-order valence-electron chi connectivity index (χ0n) is 13.4. The van der Waals surface area contributed by atoms with Gasteiger partial charge >= 0.3 is 0 Å². The first-order valence-electron chi connectivity index (χ1n) is 7.50. The SMILES string of the molecule is Cc1nc(Cl)c2c(-c3ccc(F)c4[nH]ncc34)c(N)c(=O)[nH]c2c1C. The van der Waals surface area contributed by atoms with Gasteiger partial charge in [0.1, 0.15) is 22.2 Å². The van der Waals surface area contributed by atoms with E-state index in [4.69, 9.17) is 17.3 Å². The van der Waals surface area contributed by atoms with E-state index in [2.05, 4.69) is 20.2 Å². The Balaban J connectivity index is 2.27. The molecule has 0 radical (unpaired) electrons. The Morgan fingerprint density at radius 3 is 2.76 bits per heavy atom. The quantitative estimate of drug-likeness (QED) is 0.454. The summed E-state index contributed by atoms with van der Waals surface area (Å²) >= 11 is 6.38. The number of aromatic nitrogens is 4. The van der Waals surface area contributed by atoms with Gasteiger partial charge < -0.3 is 10.7 Å². The first-order chi connectivity index (χ1) is 11.9. The number of benzene rings is 1. The van der Waals surface area contributed by atoms with Gasteiger partial charge in [0.25, 0.3) is 5.56 Å². The predicted octanol–water partition coefficient (Wildman–Crippen LogP) is 3.46. The van der Waals surface area contributed by atoms with Crippen molar-refractivity contribution in [1.29, 1.82) is 0 Å². The van der Waals surface area contributed by atoms with Crippen LogP contribution >= 0.6 is 11.6 Å². The van der Waals surface area contributed by atoms with Crippen LogP contribution in [0.3, 0.4) is 0 Å². The molecule has 126 valence electrons. The lowest BCUT2D eigenvalue weighted by atomic mass is 9.96. The van der Waals surface area contributed by atoms with E-state index in [9.17, 15) is 9.18 Å². The monoisotopic (exact) mass is 357 g/mol. The molecule has 0 saturated heterocycles. The highest BCUT2D eigenvalue weighted by Gasteiger charge is 2.21. The Hall–Kier alpha value is -2.93. The van der Waals surface area contributed by atoms with Crippen LogP contribution < -0.4 is 11.3 Å². The largest absolute Gasteiger partial charge is 0.394 e. The summed E-state index contributed by atoms with van der Waals surface area (Å²) in [5.74, 6) is -0.444. The van der Waals surface area contributed by atoms with Crippen molar-refractivity contribution in [2.75, 3.05) is 5.73 Å². The Bertz CT molecular complexity index is 1230. The van der Waals surface area contributed by atoms with Gasteiger partial charge in [-0.15, -0.1) is 0 Å². The average molecular weight is 358 g/mol. The number of fused-ring (bicyclic) bond motifs is 2. The molecule has 0 amide bonds. The predicted molar refractivity (Wildman–Crippen MR) is 96.3 cm³/mol. The number of H-pyrrole nitrogens is 2. The van der Waals surface area contributed by atoms with Crippen molar-refractivity contribution in [3.05, 3.63) is 50.9 Å². The molecule has 0 unspecified atom stereocenters. The molecule has 0 spiro atoms. The van der Waals surface area contributed by atoms with Crippen LogP contribution in [-0.4, -0.2) is 20.2 Å². The van der Waals surface area contributed by atoms with Crippen LogP contribution in [-0.2, 0) is 0 Å². The third kappa shape index (κ3) is 2.12. The molecule has 8 heteroatoms. The summed E-state index contributed by atoms with van der Waals surface area (Å²) in [4.78, 5) is 19.5. The van der Waals surface area contributed by atoms with E-state index < -0.39 is 11.4 Å². The van der Waals surface area contributed by atoms with Gasteiger partial charge in [0, 0.05) is 22.0 Å². The summed E-state index contributed by atoms with van der Waals surface area (Å²) in [6, 6.07) is 2.86. The van der Waals surface area contributed by atoms with E-state index in [1.807, 2.05) is 6.92 Å². The van der Waals surface area contributed by atoms with Gasteiger partial charge in [-0.1, -0.05) is 17.7 Å². The number of rotatable bonds is 1. The fourth-order valence-electron chi connectivity index (χ4n) is 3.07. The second kappa shape index (κ2) is 5.29. The van der Waals surface area contributed by atoms with Gasteiger partial charge in [-0.25, -0.2) is 9.37 Å². The number of anilines is 1. The maximum atomic E-state index is 14.0. The molecule has 25 heavy (non-hydrogen) atoms. The number of pyridine rings is 2. The smallest absolute Gasteiger partial charge is 0.272 e. The van der Waals surface area contributed by atoms with Crippen LogP contribution in [0.5, 0.6) is 0 Å². The van der Waals surface area contributed by atoms with Crippen molar-refractivity contribution in [2.45, 2.75) is 13.8 Å². The van der Waals surface area contributed by atoms with Gasteiger partial charge in [0.2, 0.25) is 0 Å². The third-order valence-corrected chi connectivity index (χ3v) is 4.75. The molecule has 3 aromatic heterocycles. The van der Waals surface area contributed by atoms with Crippen molar-refractivity contribution in [1.82, 2.24) is 20.2 Å². The molecule has 0 fully saturated rings. The Morgan fingerprint density at radius 1 is 1.24 bits per heavy atom. The van der Waals surface area contributed by atoms with Crippen molar-refractivity contribution < 1.29 is 4.39 Å². The lowest BCUT2D eigenvalue weighted by molar-refractivity contribution is 0.636. The molecule has 4 aromatic rings. The molecule has 1 aromatic carbocycles. The lowest BCUT2D eigenvalue weighted by Gasteiger charge is -2.14. The van der Waals surface area contributed by atoms with Crippen molar-refractivity contribution in [3.63, 3.8) is 0 Å². The third-order valence-electron chi connectivity index (χ3n) is 4.48. The van der Waals surface area contributed by atoms with Gasteiger partial charge in [0.05, 0.1) is 11.7 Å². The number of nitrogens with two attached hydrogens (primary N) is 1. The Labute approximate surface area is 145 Å². The maximum Gasteiger partial charge on any atom is 0.272 e. The van der Waals surface area contributed by atoms with Gasteiger partial charge in [-0.3, -0.25) is 9.89 Å². The number of nitrogens with one attached hydrogen (secondary N) is 2. The first-order valence-corrected chi connectivity index (χ1v) is 7.88. The first kappa shape index (κ1) is 15.6. The van der Waals surface area contributed by atoms with Crippen molar-refractivity contribution >= 4 is 39.1 Å². The van der Waals surface area contributed by atoms with Crippen LogP contribution in [0.4, 0.5) is 10.1 Å². The number of aromatic amines is 2. The molecule has 0 saturated carbocycles. The number of hydrogen-bond donors (Lipinski definition) is 3. The maximum absolute atomic E-state index is 14.0. The van der Waals surface area contributed by atoms with E-state index in [1.54, 1.807) is 13.0 Å². The second-order valence-corrected chi connectivity index (χ2v) is 6.22. The molecular weight excluding hydrogens is 345 g/mol. The van der Waals surface area contributed by atoms with E-state index in [0.29, 0.717) is 33.1 Å². The number of nitrogen functional groups attached to an aromatic ring is 1. The topological polar surface area (TPSA) is 100 Å². The van der Waals surface area contributed by atoms with E-state index in [-0.39, 0.29) is 16.4 Å². The van der Waals surface area contributed by atoms with E-state index in [0.717, 1.165) is 5.56 Å². The fourth-order valence-corrected chi connectivity index (χ4v) is 3.39. The summed E-state index contributed by atoms with van der Waals surface area (Å²) < 4.78 is 14.0. The van der Waals surface area contributed by atoms with Crippen molar-refractivity contribution in [3.8, 4) is 11.1 Å². The molecule has 0 aliphatic heterocycles. The minimum absolute atomic E-state index is 0.00596. The van der Waals surface area contributed by atoms with Crippen LogP contribution in [0.25, 0.3) is 32.9 Å². The molecule has 0 atom stereocenters.